The predicted molar refractivity (Wildman–Crippen MR) is 83.8 cm³/mol. The van der Waals surface area contributed by atoms with Crippen LogP contribution in [0.2, 0.25) is 5.02 Å². The van der Waals surface area contributed by atoms with E-state index >= 15 is 0 Å². The van der Waals surface area contributed by atoms with Gasteiger partial charge in [0.25, 0.3) is 0 Å². The SMILES string of the molecule is CN(CCc1cccs1)c1cccc(Cl)c1C(=N)N. The van der Waals surface area contributed by atoms with Gasteiger partial charge in [-0.1, -0.05) is 23.7 Å². The zero-order valence-corrected chi connectivity index (χ0v) is 12.3. The molecule has 3 N–H and O–H groups in total. The van der Waals surface area contributed by atoms with Crippen LogP contribution in [-0.4, -0.2) is 19.4 Å². The van der Waals surface area contributed by atoms with Crippen molar-refractivity contribution in [2.45, 2.75) is 6.42 Å². The molecule has 0 unspecified atom stereocenters. The fourth-order valence-electron chi connectivity index (χ4n) is 1.95. The van der Waals surface area contributed by atoms with Crippen LogP contribution in [0.4, 0.5) is 5.69 Å². The molecule has 0 bridgehead atoms. The van der Waals surface area contributed by atoms with Gasteiger partial charge in [0, 0.05) is 24.2 Å². The molecule has 100 valence electrons. The van der Waals surface area contributed by atoms with Crippen molar-refractivity contribution < 1.29 is 0 Å². The molecule has 0 aliphatic heterocycles. The zero-order valence-electron chi connectivity index (χ0n) is 10.7. The summed E-state index contributed by atoms with van der Waals surface area (Å²) in [5.74, 6) is 0.00331. The fraction of sp³-hybridized carbons (Fsp3) is 0.214. The highest BCUT2D eigenvalue weighted by Crippen LogP contribution is 2.26. The second-order valence-corrected chi connectivity index (χ2v) is 5.74. The Balaban J connectivity index is 2.16. The standard InChI is InChI=1S/C14H16ClN3S/c1-18(8-7-10-4-3-9-19-10)12-6-2-5-11(15)13(12)14(16)17/h2-6,9H,7-8H2,1H3,(H3,16,17). The third-order valence-corrected chi connectivity index (χ3v) is 4.20. The number of amidine groups is 1. The third-order valence-electron chi connectivity index (χ3n) is 2.95. The van der Waals surface area contributed by atoms with Crippen LogP contribution in [0.1, 0.15) is 10.4 Å². The summed E-state index contributed by atoms with van der Waals surface area (Å²) in [4.78, 5) is 3.43. The lowest BCUT2D eigenvalue weighted by atomic mass is 10.1. The number of halogens is 1. The normalized spacial score (nSPS) is 10.4. The average molecular weight is 294 g/mol. The van der Waals surface area contributed by atoms with E-state index in [1.165, 1.54) is 4.88 Å². The maximum Gasteiger partial charge on any atom is 0.126 e. The monoisotopic (exact) mass is 293 g/mol. The molecule has 0 spiro atoms. The molecule has 0 amide bonds. The highest BCUT2D eigenvalue weighted by molar-refractivity contribution is 7.09. The van der Waals surface area contributed by atoms with Gasteiger partial charge in [0.15, 0.2) is 0 Å². The smallest absolute Gasteiger partial charge is 0.126 e. The summed E-state index contributed by atoms with van der Waals surface area (Å²) in [6.45, 7) is 0.862. The Morgan fingerprint density at radius 1 is 1.37 bits per heavy atom. The largest absolute Gasteiger partial charge is 0.384 e. The first-order chi connectivity index (χ1) is 9.09. The Labute approximate surface area is 122 Å². The lowest BCUT2D eigenvalue weighted by molar-refractivity contribution is 0.886. The molecule has 0 aliphatic rings. The Hall–Kier alpha value is -1.52. The van der Waals surface area contributed by atoms with Gasteiger partial charge in [0.2, 0.25) is 0 Å². The quantitative estimate of drug-likeness (QED) is 0.656. The first kappa shape index (κ1) is 13.9. The van der Waals surface area contributed by atoms with Gasteiger partial charge in [-0.25, -0.2) is 0 Å². The molecule has 2 aromatic rings. The Morgan fingerprint density at radius 2 is 2.16 bits per heavy atom. The molecule has 0 radical (unpaired) electrons. The summed E-state index contributed by atoms with van der Waals surface area (Å²) < 4.78 is 0. The van der Waals surface area contributed by atoms with E-state index in [1.54, 1.807) is 17.4 Å². The van der Waals surface area contributed by atoms with Gasteiger partial charge in [-0.15, -0.1) is 11.3 Å². The maximum atomic E-state index is 7.65. The summed E-state index contributed by atoms with van der Waals surface area (Å²) in [5.41, 5.74) is 7.13. The molecule has 1 aromatic carbocycles. The van der Waals surface area contributed by atoms with E-state index in [0.29, 0.717) is 10.6 Å². The molecule has 0 fully saturated rings. The average Bonchev–Trinajstić information content (AvgIpc) is 2.88. The number of thiophene rings is 1. The number of likely N-dealkylation sites (N-methyl/N-ethyl adjacent to an activating group) is 1. The number of hydrogen-bond acceptors (Lipinski definition) is 3. The fourth-order valence-corrected chi connectivity index (χ4v) is 2.92. The summed E-state index contributed by atoms with van der Waals surface area (Å²) in [7, 11) is 1.99. The number of rotatable bonds is 5. The second kappa shape index (κ2) is 6.08. The first-order valence-electron chi connectivity index (χ1n) is 5.96. The van der Waals surface area contributed by atoms with Gasteiger partial charge >= 0.3 is 0 Å². The van der Waals surface area contributed by atoms with Crippen molar-refractivity contribution in [2.75, 3.05) is 18.5 Å². The van der Waals surface area contributed by atoms with E-state index in [0.717, 1.165) is 18.7 Å². The van der Waals surface area contributed by atoms with E-state index in [4.69, 9.17) is 22.7 Å². The molecule has 5 heteroatoms. The van der Waals surface area contributed by atoms with Crippen molar-refractivity contribution in [2.24, 2.45) is 5.73 Å². The van der Waals surface area contributed by atoms with E-state index < -0.39 is 0 Å². The minimum absolute atomic E-state index is 0.00331. The molecular formula is C14H16ClN3S. The Kier molecular flexibility index (Phi) is 4.45. The van der Waals surface area contributed by atoms with E-state index in [9.17, 15) is 0 Å². The van der Waals surface area contributed by atoms with Crippen LogP contribution < -0.4 is 10.6 Å². The molecular weight excluding hydrogens is 278 g/mol. The van der Waals surface area contributed by atoms with Crippen LogP contribution in [0.5, 0.6) is 0 Å². The van der Waals surface area contributed by atoms with Gasteiger partial charge in [-0.2, -0.15) is 0 Å². The topological polar surface area (TPSA) is 53.1 Å². The van der Waals surface area contributed by atoms with E-state index in [1.807, 2.05) is 19.2 Å². The Bertz CT molecular complexity index is 566. The van der Waals surface area contributed by atoms with Gasteiger partial charge in [-0.05, 0) is 30.0 Å². The lowest BCUT2D eigenvalue weighted by Gasteiger charge is -2.22. The second-order valence-electron chi connectivity index (χ2n) is 4.30. The molecule has 0 saturated carbocycles. The number of anilines is 1. The first-order valence-corrected chi connectivity index (χ1v) is 7.22. The molecule has 1 heterocycles. The highest BCUT2D eigenvalue weighted by Gasteiger charge is 2.13. The van der Waals surface area contributed by atoms with Crippen molar-refractivity contribution >= 4 is 34.5 Å². The molecule has 3 nitrogen and oxygen atoms in total. The number of nitrogens with zero attached hydrogens (tertiary/aromatic N) is 1. The molecule has 19 heavy (non-hydrogen) atoms. The highest BCUT2D eigenvalue weighted by atomic mass is 35.5. The molecule has 0 saturated heterocycles. The van der Waals surface area contributed by atoms with Crippen molar-refractivity contribution in [3.63, 3.8) is 0 Å². The zero-order chi connectivity index (χ0) is 13.8. The van der Waals surface area contributed by atoms with Crippen LogP contribution >= 0.6 is 22.9 Å². The molecule has 2 rings (SSSR count). The predicted octanol–water partition coefficient (Wildman–Crippen LogP) is 3.36. The van der Waals surface area contributed by atoms with Crippen LogP contribution in [0.15, 0.2) is 35.7 Å². The maximum absolute atomic E-state index is 7.65. The number of nitrogens with one attached hydrogen (secondary N) is 1. The van der Waals surface area contributed by atoms with Crippen molar-refractivity contribution in [3.8, 4) is 0 Å². The van der Waals surface area contributed by atoms with Crippen LogP contribution in [0.3, 0.4) is 0 Å². The van der Waals surface area contributed by atoms with Crippen LogP contribution in [-0.2, 0) is 6.42 Å². The van der Waals surface area contributed by atoms with Gasteiger partial charge in [0.05, 0.1) is 10.6 Å². The minimum Gasteiger partial charge on any atom is -0.384 e. The molecule has 0 atom stereocenters. The summed E-state index contributed by atoms with van der Waals surface area (Å²) in [6, 6.07) is 9.76. The van der Waals surface area contributed by atoms with E-state index in [-0.39, 0.29) is 5.84 Å². The lowest BCUT2D eigenvalue weighted by Crippen LogP contribution is -2.24. The molecule has 1 aromatic heterocycles. The Morgan fingerprint density at radius 3 is 2.79 bits per heavy atom. The van der Waals surface area contributed by atoms with Gasteiger partial charge < -0.3 is 10.6 Å². The van der Waals surface area contributed by atoms with Gasteiger partial charge in [0.1, 0.15) is 5.84 Å². The summed E-state index contributed by atoms with van der Waals surface area (Å²) in [6.07, 6.45) is 0.970. The number of nitrogens with two attached hydrogens (primary N) is 1. The molecule has 0 aliphatic carbocycles. The number of benzene rings is 1. The number of hydrogen-bond donors (Lipinski definition) is 2. The minimum atomic E-state index is 0.00331. The van der Waals surface area contributed by atoms with Crippen LogP contribution in [0, 0.1) is 5.41 Å². The van der Waals surface area contributed by atoms with Gasteiger partial charge in [-0.3, -0.25) is 5.41 Å². The van der Waals surface area contributed by atoms with E-state index in [2.05, 4.69) is 22.4 Å². The van der Waals surface area contributed by atoms with Crippen molar-refractivity contribution in [1.29, 1.82) is 5.41 Å². The summed E-state index contributed by atoms with van der Waals surface area (Å²) >= 11 is 7.88. The van der Waals surface area contributed by atoms with Crippen molar-refractivity contribution in [1.82, 2.24) is 0 Å². The summed E-state index contributed by atoms with van der Waals surface area (Å²) in [5, 5.41) is 10.3. The number of nitrogen functional groups attached to an aromatic ring is 1. The third kappa shape index (κ3) is 3.28. The van der Waals surface area contributed by atoms with Crippen molar-refractivity contribution in [3.05, 3.63) is 51.2 Å². The van der Waals surface area contributed by atoms with Crippen LogP contribution in [0.25, 0.3) is 0 Å².